The molecule has 2 amide bonds. The topological polar surface area (TPSA) is 52.7 Å². The zero-order chi connectivity index (χ0) is 20.5. The number of benzene rings is 2. The summed E-state index contributed by atoms with van der Waals surface area (Å²) in [6, 6.07) is 18.2. The van der Waals surface area contributed by atoms with Gasteiger partial charge in [-0.1, -0.05) is 72.3 Å². The van der Waals surface area contributed by atoms with E-state index in [1.807, 2.05) is 49.4 Å². The maximum Gasteiger partial charge on any atom is 0.232 e. The van der Waals surface area contributed by atoms with Gasteiger partial charge in [0.1, 0.15) is 6.42 Å². The standard InChI is InChI=1S/C24H29N3O2/c1-20-9-11-22(12-10-20)19-25-23(28)18-24(29)27-16-14-26(15-17-27)13-5-8-21-6-3-2-4-7-21/h2-12H,13-19H2,1H3,(H,25,28)/b8-5+. The van der Waals surface area contributed by atoms with E-state index in [4.69, 9.17) is 0 Å². The minimum absolute atomic E-state index is 0.0836. The average molecular weight is 392 g/mol. The van der Waals surface area contributed by atoms with Gasteiger partial charge in [0.25, 0.3) is 0 Å². The third kappa shape index (κ3) is 6.88. The molecule has 0 spiro atoms. The molecule has 0 radical (unpaired) electrons. The number of piperazine rings is 1. The quantitative estimate of drug-likeness (QED) is 0.739. The van der Waals surface area contributed by atoms with Crippen molar-refractivity contribution in [2.24, 2.45) is 0 Å². The van der Waals surface area contributed by atoms with Gasteiger partial charge < -0.3 is 10.2 Å². The molecule has 5 nitrogen and oxygen atoms in total. The van der Waals surface area contributed by atoms with Crippen LogP contribution >= 0.6 is 0 Å². The Bertz CT molecular complexity index is 823. The van der Waals surface area contributed by atoms with Crippen LogP contribution in [0.25, 0.3) is 6.08 Å². The summed E-state index contributed by atoms with van der Waals surface area (Å²) in [6.45, 7) is 6.35. The maximum atomic E-state index is 12.4. The van der Waals surface area contributed by atoms with Crippen molar-refractivity contribution in [3.63, 3.8) is 0 Å². The van der Waals surface area contributed by atoms with Gasteiger partial charge in [0.05, 0.1) is 0 Å². The summed E-state index contributed by atoms with van der Waals surface area (Å²) in [5.74, 6) is -0.310. The summed E-state index contributed by atoms with van der Waals surface area (Å²) >= 11 is 0. The third-order valence-electron chi connectivity index (χ3n) is 5.12. The second-order valence-corrected chi connectivity index (χ2v) is 7.43. The largest absolute Gasteiger partial charge is 0.352 e. The fraction of sp³-hybridized carbons (Fsp3) is 0.333. The van der Waals surface area contributed by atoms with Crippen LogP contribution in [0.5, 0.6) is 0 Å². The monoisotopic (exact) mass is 391 g/mol. The molecule has 0 aliphatic carbocycles. The van der Waals surface area contributed by atoms with Crippen LogP contribution in [-0.2, 0) is 16.1 Å². The number of carbonyl (C=O) groups is 2. The number of nitrogens with zero attached hydrogens (tertiary/aromatic N) is 2. The van der Waals surface area contributed by atoms with Crippen molar-refractivity contribution in [3.8, 4) is 0 Å². The molecule has 1 aliphatic rings. The average Bonchev–Trinajstić information content (AvgIpc) is 2.74. The number of hydrogen-bond acceptors (Lipinski definition) is 3. The van der Waals surface area contributed by atoms with Crippen LogP contribution in [-0.4, -0.2) is 54.3 Å². The van der Waals surface area contributed by atoms with E-state index in [1.54, 1.807) is 4.90 Å². The fourth-order valence-corrected chi connectivity index (χ4v) is 3.30. The van der Waals surface area contributed by atoms with Crippen molar-refractivity contribution >= 4 is 17.9 Å². The van der Waals surface area contributed by atoms with E-state index in [0.29, 0.717) is 19.6 Å². The first kappa shape index (κ1) is 20.8. The zero-order valence-corrected chi connectivity index (χ0v) is 17.0. The van der Waals surface area contributed by atoms with Crippen LogP contribution in [0, 0.1) is 6.92 Å². The van der Waals surface area contributed by atoms with E-state index < -0.39 is 0 Å². The van der Waals surface area contributed by atoms with Crippen LogP contribution < -0.4 is 5.32 Å². The molecule has 2 aromatic carbocycles. The Hall–Kier alpha value is -2.92. The SMILES string of the molecule is Cc1ccc(CNC(=O)CC(=O)N2CCN(C/C=C/c3ccccc3)CC2)cc1. The van der Waals surface area contributed by atoms with Gasteiger partial charge in [0.2, 0.25) is 11.8 Å². The van der Waals surface area contributed by atoms with Gasteiger partial charge in [-0.2, -0.15) is 0 Å². The second kappa shape index (κ2) is 10.6. The van der Waals surface area contributed by atoms with Crippen molar-refractivity contribution in [2.75, 3.05) is 32.7 Å². The van der Waals surface area contributed by atoms with Crippen molar-refractivity contribution in [1.29, 1.82) is 0 Å². The lowest BCUT2D eigenvalue weighted by Gasteiger charge is -2.34. The van der Waals surface area contributed by atoms with Gasteiger partial charge >= 0.3 is 0 Å². The van der Waals surface area contributed by atoms with Crippen LogP contribution in [0.1, 0.15) is 23.1 Å². The molecule has 0 bridgehead atoms. The molecule has 1 heterocycles. The first-order valence-corrected chi connectivity index (χ1v) is 10.1. The van der Waals surface area contributed by atoms with Crippen molar-refractivity contribution in [2.45, 2.75) is 19.9 Å². The molecule has 1 N–H and O–H groups in total. The molecule has 0 unspecified atom stereocenters. The van der Waals surface area contributed by atoms with Crippen LogP contribution in [0.4, 0.5) is 0 Å². The minimum atomic E-state index is -0.219. The van der Waals surface area contributed by atoms with E-state index in [-0.39, 0.29) is 18.2 Å². The van der Waals surface area contributed by atoms with E-state index in [9.17, 15) is 9.59 Å². The molecule has 152 valence electrons. The highest BCUT2D eigenvalue weighted by molar-refractivity contribution is 5.96. The fourth-order valence-electron chi connectivity index (χ4n) is 3.30. The first-order chi connectivity index (χ1) is 14.1. The summed E-state index contributed by atoms with van der Waals surface area (Å²) in [4.78, 5) is 28.6. The van der Waals surface area contributed by atoms with E-state index in [1.165, 1.54) is 11.1 Å². The van der Waals surface area contributed by atoms with Crippen molar-refractivity contribution < 1.29 is 9.59 Å². The van der Waals surface area contributed by atoms with Crippen LogP contribution in [0.15, 0.2) is 60.7 Å². The van der Waals surface area contributed by atoms with Gasteiger partial charge in [-0.15, -0.1) is 0 Å². The highest BCUT2D eigenvalue weighted by Crippen LogP contribution is 2.07. The summed E-state index contributed by atoms with van der Waals surface area (Å²) in [6.07, 6.45) is 4.20. The molecular weight excluding hydrogens is 362 g/mol. The molecule has 5 heteroatoms. The summed E-state index contributed by atoms with van der Waals surface area (Å²) in [7, 11) is 0. The number of carbonyl (C=O) groups excluding carboxylic acids is 2. The molecule has 2 aromatic rings. The predicted octanol–water partition coefficient (Wildman–Crippen LogP) is 2.86. The smallest absolute Gasteiger partial charge is 0.232 e. The Morgan fingerprint density at radius 1 is 0.966 bits per heavy atom. The number of aryl methyl sites for hydroxylation is 1. The molecule has 0 saturated carbocycles. The Labute approximate surface area is 173 Å². The summed E-state index contributed by atoms with van der Waals surface area (Å²) < 4.78 is 0. The van der Waals surface area contributed by atoms with Crippen molar-refractivity contribution in [3.05, 3.63) is 77.4 Å². The van der Waals surface area contributed by atoms with E-state index in [2.05, 4.69) is 34.5 Å². The number of hydrogen-bond donors (Lipinski definition) is 1. The molecule has 0 atom stereocenters. The highest BCUT2D eigenvalue weighted by Gasteiger charge is 2.22. The second-order valence-electron chi connectivity index (χ2n) is 7.43. The van der Waals surface area contributed by atoms with E-state index >= 15 is 0 Å². The molecule has 3 rings (SSSR count). The van der Waals surface area contributed by atoms with Gasteiger partial charge in [-0.3, -0.25) is 14.5 Å². The van der Waals surface area contributed by atoms with Crippen LogP contribution in [0.3, 0.4) is 0 Å². The lowest BCUT2D eigenvalue weighted by molar-refractivity contribution is -0.137. The van der Waals surface area contributed by atoms with Crippen LogP contribution in [0.2, 0.25) is 0 Å². The molecular formula is C24H29N3O2. The Morgan fingerprint density at radius 2 is 1.66 bits per heavy atom. The minimum Gasteiger partial charge on any atom is -0.352 e. The number of rotatable bonds is 7. The number of amides is 2. The van der Waals surface area contributed by atoms with Crippen molar-refractivity contribution in [1.82, 2.24) is 15.1 Å². The lowest BCUT2D eigenvalue weighted by atomic mass is 10.1. The molecule has 29 heavy (non-hydrogen) atoms. The van der Waals surface area contributed by atoms with Gasteiger partial charge in [0.15, 0.2) is 0 Å². The molecule has 0 aromatic heterocycles. The van der Waals surface area contributed by atoms with Gasteiger partial charge in [0, 0.05) is 39.3 Å². The third-order valence-corrected chi connectivity index (χ3v) is 5.12. The summed E-state index contributed by atoms with van der Waals surface area (Å²) in [5, 5.41) is 2.83. The normalized spacial score (nSPS) is 14.9. The molecule has 1 saturated heterocycles. The molecule has 1 aliphatic heterocycles. The number of nitrogens with one attached hydrogen (secondary N) is 1. The first-order valence-electron chi connectivity index (χ1n) is 10.1. The Balaban J connectivity index is 1.35. The zero-order valence-electron chi connectivity index (χ0n) is 17.0. The molecule has 1 fully saturated rings. The summed E-state index contributed by atoms with van der Waals surface area (Å²) in [5.41, 5.74) is 3.41. The Morgan fingerprint density at radius 3 is 2.34 bits per heavy atom. The van der Waals surface area contributed by atoms with Gasteiger partial charge in [-0.25, -0.2) is 0 Å². The Kier molecular flexibility index (Phi) is 7.59. The predicted molar refractivity (Wildman–Crippen MR) is 116 cm³/mol. The maximum absolute atomic E-state index is 12.4. The van der Waals surface area contributed by atoms with Gasteiger partial charge in [-0.05, 0) is 18.1 Å². The lowest BCUT2D eigenvalue weighted by Crippen LogP contribution is -2.49. The van der Waals surface area contributed by atoms with E-state index in [0.717, 1.165) is 25.2 Å². The highest BCUT2D eigenvalue weighted by atomic mass is 16.2.